The van der Waals surface area contributed by atoms with Crippen molar-refractivity contribution in [2.45, 2.75) is 0 Å². The predicted molar refractivity (Wildman–Crippen MR) is 207 cm³/mol. The zero-order valence-electron chi connectivity index (χ0n) is 26.7. The van der Waals surface area contributed by atoms with Crippen molar-refractivity contribution in [1.29, 1.82) is 0 Å². The molecule has 228 valence electrons. The van der Waals surface area contributed by atoms with E-state index in [-0.39, 0.29) is 0 Å². The van der Waals surface area contributed by atoms with E-state index in [0.717, 1.165) is 33.8 Å². The Hall–Kier alpha value is -6.51. The lowest BCUT2D eigenvalue weighted by Gasteiger charge is -2.16. The standard InChI is InChI=1S/C47H30N2/c1-3-13-31(14-4-1)36-28-41(34-17-5-2-6-18-34)48-42(29-36)37-27-35-19-9-10-20-38(35)45(30-37)49-43-25-23-32-15-7-11-21-39(32)46(43)47-40-22-12-8-16-33(40)24-26-44(47)49/h1-30H. The van der Waals surface area contributed by atoms with E-state index in [0.29, 0.717) is 0 Å². The highest BCUT2D eigenvalue weighted by Crippen LogP contribution is 2.43. The van der Waals surface area contributed by atoms with Crippen molar-refractivity contribution in [2.24, 2.45) is 0 Å². The lowest BCUT2D eigenvalue weighted by Crippen LogP contribution is -1.98. The first-order chi connectivity index (χ1) is 24.3. The third kappa shape index (κ3) is 4.46. The molecule has 0 bridgehead atoms. The van der Waals surface area contributed by atoms with Crippen molar-refractivity contribution in [3.05, 3.63) is 182 Å². The molecular weight excluding hydrogens is 593 g/mol. The van der Waals surface area contributed by atoms with Crippen molar-refractivity contribution in [3.63, 3.8) is 0 Å². The van der Waals surface area contributed by atoms with Crippen LogP contribution < -0.4 is 0 Å². The van der Waals surface area contributed by atoms with Gasteiger partial charge in [0.1, 0.15) is 0 Å². The molecule has 8 aromatic carbocycles. The quantitative estimate of drug-likeness (QED) is 0.191. The first kappa shape index (κ1) is 27.6. The van der Waals surface area contributed by atoms with Gasteiger partial charge in [0.25, 0.3) is 0 Å². The zero-order chi connectivity index (χ0) is 32.3. The van der Waals surface area contributed by atoms with Gasteiger partial charge >= 0.3 is 0 Å². The Kier molecular flexibility index (Phi) is 6.22. The lowest BCUT2D eigenvalue weighted by atomic mass is 9.98. The highest BCUT2D eigenvalue weighted by molar-refractivity contribution is 6.28. The van der Waals surface area contributed by atoms with Crippen LogP contribution in [0.2, 0.25) is 0 Å². The average molecular weight is 623 g/mol. The number of hydrogen-bond acceptors (Lipinski definition) is 1. The van der Waals surface area contributed by atoms with E-state index in [4.69, 9.17) is 4.98 Å². The summed E-state index contributed by atoms with van der Waals surface area (Å²) in [6.45, 7) is 0. The minimum absolute atomic E-state index is 0.948. The summed E-state index contributed by atoms with van der Waals surface area (Å²) < 4.78 is 2.48. The van der Waals surface area contributed by atoms with Crippen LogP contribution in [0.15, 0.2) is 182 Å². The Bertz CT molecular complexity index is 2710. The Balaban J connectivity index is 1.31. The first-order valence-corrected chi connectivity index (χ1v) is 16.8. The van der Waals surface area contributed by atoms with Gasteiger partial charge in [-0.15, -0.1) is 0 Å². The highest BCUT2D eigenvalue weighted by Gasteiger charge is 2.20. The van der Waals surface area contributed by atoms with E-state index < -0.39 is 0 Å². The van der Waals surface area contributed by atoms with Crippen LogP contribution in [0.3, 0.4) is 0 Å². The Morgan fingerprint density at radius 1 is 0.327 bits per heavy atom. The van der Waals surface area contributed by atoms with E-state index in [9.17, 15) is 0 Å². The molecule has 0 radical (unpaired) electrons. The second-order valence-electron chi connectivity index (χ2n) is 12.8. The van der Waals surface area contributed by atoms with Gasteiger partial charge in [-0.1, -0.05) is 146 Å². The molecule has 0 saturated heterocycles. The number of pyridine rings is 1. The molecule has 0 fully saturated rings. The summed E-state index contributed by atoms with van der Waals surface area (Å²) in [5, 5.41) is 9.99. The maximum Gasteiger partial charge on any atom is 0.0716 e. The molecule has 0 atom stereocenters. The van der Waals surface area contributed by atoms with Crippen LogP contribution in [-0.2, 0) is 0 Å². The second kappa shape index (κ2) is 11.0. The van der Waals surface area contributed by atoms with Crippen LogP contribution in [0.4, 0.5) is 0 Å². The number of nitrogens with zero attached hydrogens (tertiary/aromatic N) is 2. The monoisotopic (exact) mass is 622 g/mol. The van der Waals surface area contributed by atoms with Gasteiger partial charge < -0.3 is 4.57 Å². The molecule has 0 saturated carbocycles. The van der Waals surface area contributed by atoms with Gasteiger partial charge in [0, 0.05) is 27.3 Å². The van der Waals surface area contributed by atoms with E-state index in [2.05, 4.69) is 187 Å². The van der Waals surface area contributed by atoms with Crippen LogP contribution >= 0.6 is 0 Å². The fraction of sp³-hybridized carbons (Fsp3) is 0. The number of aromatic nitrogens is 2. The van der Waals surface area contributed by atoms with Crippen molar-refractivity contribution in [1.82, 2.24) is 9.55 Å². The van der Waals surface area contributed by atoms with Crippen LogP contribution in [0.5, 0.6) is 0 Å². The van der Waals surface area contributed by atoms with E-state index in [1.807, 2.05) is 0 Å². The molecule has 10 rings (SSSR count). The van der Waals surface area contributed by atoms with Gasteiger partial charge in [0.2, 0.25) is 0 Å². The second-order valence-corrected chi connectivity index (χ2v) is 12.8. The summed E-state index contributed by atoms with van der Waals surface area (Å²) in [4.78, 5) is 5.33. The van der Waals surface area contributed by atoms with Crippen molar-refractivity contribution < 1.29 is 0 Å². The number of hydrogen-bond donors (Lipinski definition) is 0. The largest absolute Gasteiger partial charge is 0.309 e. The van der Waals surface area contributed by atoms with Crippen molar-refractivity contribution in [3.8, 4) is 39.3 Å². The first-order valence-electron chi connectivity index (χ1n) is 16.8. The number of rotatable bonds is 4. The van der Waals surface area contributed by atoms with E-state index in [1.165, 1.54) is 59.7 Å². The van der Waals surface area contributed by atoms with Gasteiger partial charge in [0.05, 0.1) is 28.1 Å². The molecule has 0 aliphatic heterocycles. The number of benzene rings is 8. The molecule has 2 nitrogen and oxygen atoms in total. The molecule has 2 aromatic heterocycles. The smallest absolute Gasteiger partial charge is 0.0716 e. The summed E-state index contributed by atoms with van der Waals surface area (Å²) in [7, 11) is 0. The SMILES string of the molecule is c1ccc(-c2cc(-c3ccccc3)nc(-c3cc(-n4c5ccc6ccccc6c5c5c6ccccc6ccc54)c4ccccc4c3)c2)cc1. The Morgan fingerprint density at radius 2 is 0.816 bits per heavy atom. The molecule has 0 spiro atoms. The molecule has 0 N–H and O–H groups in total. The normalized spacial score (nSPS) is 11.7. The predicted octanol–water partition coefficient (Wildman–Crippen LogP) is 12.6. The molecule has 2 heteroatoms. The molecule has 2 heterocycles. The van der Waals surface area contributed by atoms with Crippen LogP contribution in [0, 0.1) is 0 Å². The lowest BCUT2D eigenvalue weighted by molar-refractivity contribution is 1.20. The van der Waals surface area contributed by atoms with Crippen molar-refractivity contribution >= 4 is 54.1 Å². The summed E-state index contributed by atoms with van der Waals surface area (Å²) in [6, 6.07) is 65.6. The third-order valence-corrected chi connectivity index (χ3v) is 9.92. The summed E-state index contributed by atoms with van der Waals surface area (Å²) >= 11 is 0. The van der Waals surface area contributed by atoms with Gasteiger partial charge in [-0.2, -0.15) is 0 Å². The minimum Gasteiger partial charge on any atom is -0.309 e. The molecule has 49 heavy (non-hydrogen) atoms. The van der Waals surface area contributed by atoms with Crippen molar-refractivity contribution in [2.75, 3.05) is 0 Å². The van der Waals surface area contributed by atoms with Gasteiger partial charge in [0.15, 0.2) is 0 Å². The van der Waals surface area contributed by atoms with Gasteiger partial charge in [-0.3, -0.25) is 0 Å². The van der Waals surface area contributed by atoms with Gasteiger partial charge in [-0.05, 0) is 74.5 Å². The van der Waals surface area contributed by atoms with Gasteiger partial charge in [-0.25, -0.2) is 4.98 Å². The average Bonchev–Trinajstić information content (AvgIpc) is 3.53. The fourth-order valence-electron chi connectivity index (χ4n) is 7.66. The molecule has 0 unspecified atom stereocenters. The molecule has 0 aliphatic rings. The maximum absolute atomic E-state index is 5.33. The van der Waals surface area contributed by atoms with E-state index >= 15 is 0 Å². The van der Waals surface area contributed by atoms with Crippen LogP contribution in [0.1, 0.15) is 0 Å². The molecular formula is C47H30N2. The van der Waals surface area contributed by atoms with E-state index in [1.54, 1.807) is 0 Å². The summed E-state index contributed by atoms with van der Waals surface area (Å²) in [5.41, 5.74) is 9.95. The third-order valence-electron chi connectivity index (χ3n) is 9.92. The summed E-state index contributed by atoms with van der Waals surface area (Å²) in [5.74, 6) is 0. The molecule has 10 aromatic rings. The number of fused-ring (bicyclic) bond motifs is 8. The van der Waals surface area contributed by atoms with Crippen LogP contribution in [-0.4, -0.2) is 9.55 Å². The topological polar surface area (TPSA) is 17.8 Å². The Labute approximate surface area is 284 Å². The summed E-state index contributed by atoms with van der Waals surface area (Å²) in [6.07, 6.45) is 0. The zero-order valence-corrected chi connectivity index (χ0v) is 26.7. The van der Waals surface area contributed by atoms with Crippen LogP contribution in [0.25, 0.3) is 93.5 Å². The highest BCUT2D eigenvalue weighted by atomic mass is 15.0. The molecule has 0 amide bonds. The minimum atomic E-state index is 0.948. The fourth-order valence-corrected chi connectivity index (χ4v) is 7.66. The maximum atomic E-state index is 5.33. The Morgan fingerprint density at radius 3 is 1.43 bits per heavy atom. The molecule has 0 aliphatic carbocycles.